The van der Waals surface area contributed by atoms with E-state index >= 15 is 0 Å². The monoisotopic (exact) mass is 443 g/mol. The molecule has 0 aliphatic carbocycles. The zero-order valence-corrected chi connectivity index (χ0v) is 19.2. The molecule has 33 heavy (non-hydrogen) atoms. The highest BCUT2D eigenvalue weighted by molar-refractivity contribution is 5.52. The van der Waals surface area contributed by atoms with E-state index in [4.69, 9.17) is 4.74 Å². The maximum absolute atomic E-state index is 13.5. The topological polar surface area (TPSA) is 15.7 Å². The molecule has 0 spiro atoms. The number of ether oxygens (including phenoxy) is 1. The van der Waals surface area contributed by atoms with Crippen LogP contribution in [0.3, 0.4) is 0 Å². The Balaban J connectivity index is 1.27. The van der Waals surface area contributed by atoms with E-state index in [0.29, 0.717) is 0 Å². The Hall–Kier alpha value is -2.85. The lowest BCUT2D eigenvalue weighted by atomic mass is 9.88. The number of hydrogen-bond acceptors (Lipinski definition) is 3. The largest absolute Gasteiger partial charge is 0.492 e. The van der Waals surface area contributed by atoms with Crippen LogP contribution in [0.15, 0.2) is 66.7 Å². The van der Waals surface area contributed by atoms with Crippen LogP contribution >= 0.6 is 0 Å². The van der Waals surface area contributed by atoms with Gasteiger partial charge in [-0.25, -0.2) is 4.39 Å². The van der Waals surface area contributed by atoms with Crippen LogP contribution in [-0.4, -0.2) is 37.7 Å². The molecule has 3 aromatic carbocycles. The van der Waals surface area contributed by atoms with Crippen LogP contribution < -0.4 is 9.64 Å². The molecule has 1 radical (unpaired) electrons. The molecule has 1 atom stereocenters. The Kier molecular flexibility index (Phi) is 6.92. The van der Waals surface area contributed by atoms with Crippen LogP contribution in [0.2, 0.25) is 0 Å². The van der Waals surface area contributed by atoms with E-state index in [1.54, 1.807) is 12.1 Å². The average molecular weight is 444 g/mol. The van der Waals surface area contributed by atoms with Crippen molar-refractivity contribution in [1.82, 2.24) is 4.90 Å². The first-order chi connectivity index (χ1) is 16.3. The minimum Gasteiger partial charge on any atom is -0.492 e. The number of hydrogen-bond donors (Lipinski definition) is 0. The summed E-state index contributed by atoms with van der Waals surface area (Å²) in [5, 5.41) is 0. The molecular weight excluding hydrogens is 411 g/mol. The van der Waals surface area contributed by atoms with Crippen LogP contribution in [0.25, 0.3) is 0 Å². The SMILES string of the molecule is Fc1ccc(N2CCc3c[c]ccc3C2Cc2ccc(OCCN3CCCCC3)cc2)cc1. The molecule has 171 valence electrons. The molecule has 5 rings (SSSR count). The fourth-order valence-corrected chi connectivity index (χ4v) is 5.17. The molecule has 2 aliphatic heterocycles. The Morgan fingerprint density at radius 2 is 1.70 bits per heavy atom. The minimum absolute atomic E-state index is 0.196. The van der Waals surface area contributed by atoms with Crippen molar-refractivity contribution < 1.29 is 9.13 Å². The van der Waals surface area contributed by atoms with Gasteiger partial charge in [0.15, 0.2) is 0 Å². The number of piperidine rings is 1. The van der Waals surface area contributed by atoms with Crippen LogP contribution in [-0.2, 0) is 12.8 Å². The smallest absolute Gasteiger partial charge is 0.123 e. The van der Waals surface area contributed by atoms with E-state index in [2.05, 4.69) is 52.3 Å². The lowest BCUT2D eigenvalue weighted by molar-refractivity contribution is 0.183. The Bertz CT molecular complexity index is 1030. The highest BCUT2D eigenvalue weighted by atomic mass is 19.1. The zero-order chi connectivity index (χ0) is 22.5. The number of fused-ring (bicyclic) bond motifs is 1. The maximum Gasteiger partial charge on any atom is 0.123 e. The van der Waals surface area contributed by atoms with Gasteiger partial charge in [0.05, 0.1) is 6.04 Å². The van der Waals surface area contributed by atoms with E-state index in [9.17, 15) is 4.39 Å². The number of likely N-dealkylation sites (tertiary alicyclic amines) is 1. The van der Waals surface area contributed by atoms with Crippen molar-refractivity contribution in [2.75, 3.05) is 37.7 Å². The molecule has 3 aromatic rings. The van der Waals surface area contributed by atoms with Gasteiger partial charge >= 0.3 is 0 Å². The van der Waals surface area contributed by atoms with Crippen molar-refractivity contribution in [2.24, 2.45) is 0 Å². The van der Waals surface area contributed by atoms with Crippen molar-refractivity contribution >= 4 is 5.69 Å². The summed E-state index contributed by atoms with van der Waals surface area (Å²) in [4.78, 5) is 4.91. The third-order valence-electron chi connectivity index (χ3n) is 6.98. The third-order valence-corrected chi connectivity index (χ3v) is 6.98. The summed E-state index contributed by atoms with van der Waals surface area (Å²) < 4.78 is 19.6. The van der Waals surface area contributed by atoms with Crippen molar-refractivity contribution in [3.05, 3.63) is 95.3 Å². The molecule has 2 aliphatic rings. The van der Waals surface area contributed by atoms with E-state index in [1.807, 2.05) is 18.2 Å². The van der Waals surface area contributed by atoms with Crippen molar-refractivity contribution in [2.45, 2.75) is 38.1 Å². The van der Waals surface area contributed by atoms with E-state index in [0.717, 1.165) is 44.0 Å². The molecule has 0 bridgehead atoms. The highest BCUT2D eigenvalue weighted by Crippen LogP contribution is 2.36. The third kappa shape index (κ3) is 5.39. The summed E-state index contributed by atoms with van der Waals surface area (Å²) in [5.74, 6) is 0.739. The molecule has 3 nitrogen and oxygen atoms in total. The summed E-state index contributed by atoms with van der Waals surface area (Å²) in [6.07, 6.45) is 5.85. The van der Waals surface area contributed by atoms with Gasteiger partial charge in [0, 0.05) is 18.8 Å². The quantitative estimate of drug-likeness (QED) is 0.456. The summed E-state index contributed by atoms with van der Waals surface area (Å²) in [6.45, 7) is 5.06. The molecule has 0 N–H and O–H groups in total. The van der Waals surface area contributed by atoms with Crippen LogP contribution in [0.4, 0.5) is 10.1 Å². The number of anilines is 1. The van der Waals surface area contributed by atoms with E-state index in [-0.39, 0.29) is 11.9 Å². The summed E-state index contributed by atoms with van der Waals surface area (Å²) in [6, 6.07) is 25.2. The molecular formula is C29H32FN2O. The van der Waals surface area contributed by atoms with Gasteiger partial charge in [-0.1, -0.05) is 36.8 Å². The molecule has 0 amide bonds. The first-order valence-electron chi connectivity index (χ1n) is 12.2. The Labute approximate surface area is 196 Å². The Morgan fingerprint density at radius 1 is 0.909 bits per heavy atom. The number of nitrogens with zero attached hydrogens (tertiary/aromatic N) is 2. The zero-order valence-electron chi connectivity index (χ0n) is 19.2. The lowest BCUT2D eigenvalue weighted by Crippen LogP contribution is -2.36. The van der Waals surface area contributed by atoms with Crippen LogP contribution in [0, 0.1) is 11.9 Å². The van der Waals surface area contributed by atoms with Crippen molar-refractivity contribution in [3.8, 4) is 5.75 Å². The molecule has 2 heterocycles. The summed E-state index contributed by atoms with van der Waals surface area (Å²) >= 11 is 0. The number of rotatable bonds is 7. The van der Waals surface area contributed by atoms with Gasteiger partial charge in [-0.05, 0) is 97.9 Å². The maximum atomic E-state index is 13.5. The second-order valence-corrected chi connectivity index (χ2v) is 9.16. The number of halogens is 1. The van der Waals surface area contributed by atoms with Gasteiger partial charge < -0.3 is 9.64 Å². The van der Waals surface area contributed by atoms with Gasteiger partial charge in [-0.3, -0.25) is 4.90 Å². The van der Waals surface area contributed by atoms with Crippen LogP contribution in [0.1, 0.15) is 42.0 Å². The molecule has 1 unspecified atom stereocenters. The first kappa shape index (κ1) is 22.0. The van der Waals surface area contributed by atoms with Crippen molar-refractivity contribution in [1.29, 1.82) is 0 Å². The van der Waals surface area contributed by atoms with E-state index < -0.39 is 0 Å². The second kappa shape index (κ2) is 10.4. The second-order valence-electron chi connectivity index (χ2n) is 9.16. The highest BCUT2D eigenvalue weighted by Gasteiger charge is 2.27. The van der Waals surface area contributed by atoms with Gasteiger partial charge in [0.2, 0.25) is 0 Å². The molecule has 1 fully saturated rings. The lowest BCUT2D eigenvalue weighted by Gasteiger charge is -2.39. The predicted molar refractivity (Wildman–Crippen MR) is 131 cm³/mol. The first-order valence-corrected chi connectivity index (χ1v) is 12.2. The normalized spacial score (nSPS) is 18.7. The molecule has 1 saturated heterocycles. The standard InChI is InChI=1S/C29H32FN2O/c30-25-10-12-26(13-11-25)32-19-16-24-6-2-3-7-28(24)29(32)22-23-8-14-27(15-9-23)33-21-20-31-17-4-1-5-18-31/h3,6-15,29H,1,4-5,16-22H2. The molecule has 4 heteroatoms. The van der Waals surface area contributed by atoms with Gasteiger partial charge in [0.25, 0.3) is 0 Å². The molecule has 0 aromatic heterocycles. The van der Waals surface area contributed by atoms with E-state index in [1.165, 1.54) is 49.0 Å². The summed E-state index contributed by atoms with van der Waals surface area (Å²) in [7, 11) is 0. The van der Waals surface area contributed by atoms with Gasteiger partial charge in [-0.15, -0.1) is 0 Å². The minimum atomic E-state index is -0.196. The van der Waals surface area contributed by atoms with Crippen LogP contribution in [0.5, 0.6) is 5.75 Å². The fourth-order valence-electron chi connectivity index (χ4n) is 5.17. The summed E-state index contributed by atoms with van der Waals surface area (Å²) in [5.41, 5.74) is 5.04. The van der Waals surface area contributed by atoms with Gasteiger partial charge in [0.1, 0.15) is 18.2 Å². The van der Waals surface area contributed by atoms with Crippen molar-refractivity contribution in [3.63, 3.8) is 0 Å². The molecule has 0 saturated carbocycles. The van der Waals surface area contributed by atoms with Gasteiger partial charge in [-0.2, -0.15) is 0 Å². The fraction of sp³-hybridized carbons (Fsp3) is 0.379. The predicted octanol–water partition coefficient (Wildman–Crippen LogP) is 5.84. The Morgan fingerprint density at radius 3 is 2.48 bits per heavy atom. The average Bonchev–Trinajstić information content (AvgIpc) is 2.87. The number of benzene rings is 3.